The molecule has 3 heteroatoms. The molecule has 4 aromatic rings. The third-order valence-corrected chi connectivity index (χ3v) is 4.39. The van der Waals surface area contributed by atoms with E-state index in [4.69, 9.17) is 21.3 Å². The van der Waals surface area contributed by atoms with E-state index in [-0.39, 0.29) is 6.10 Å². The molecule has 0 unspecified atom stereocenters. The van der Waals surface area contributed by atoms with E-state index in [1.165, 1.54) is 5.56 Å². The largest absolute Gasteiger partial charge is 0.491 e. The van der Waals surface area contributed by atoms with E-state index >= 15 is 0 Å². The second kappa shape index (κ2) is 6.38. The number of hydrogen-bond acceptors (Lipinski definition) is 2. The molecule has 0 saturated carbocycles. The van der Waals surface area contributed by atoms with Crippen molar-refractivity contribution in [2.75, 3.05) is 0 Å². The van der Waals surface area contributed by atoms with Crippen LogP contribution < -0.4 is 4.74 Å². The number of nitrogens with zero attached hydrogens (tertiary/aromatic N) is 1. The van der Waals surface area contributed by atoms with Gasteiger partial charge in [-0.25, -0.2) is 4.98 Å². The van der Waals surface area contributed by atoms with Gasteiger partial charge in [-0.15, -0.1) is 0 Å². The van der Waals surface area contributed by atoms with Crippen molar-refractivity contribution in [3.63, 3.8) is 0 Å². The first-order valence-electron chi connectivity index (χ1n) is 8.37. The van der Waals surface area contributed by atoms with Gasteiger partial charge < -0.3 is 4.74 Å². The molecule has 1 aromatic heterocycles. The lowest BCUT2D eigenvalue weighted by molar-refractivity contribution is 0.242. The summed E-state index contributed by atoms with van der Waals surface area (Å²) in [4.78, 5) is 4.77. The van der Waals surface area contributed by atoms with Crippen LogP contribution in [0.5, 0.6) is 5.75 Å². The minimum Gasteiger partial charge on any atom is -0.491 e. The van der Waals surface area contributed by atoms with Crippen LogP contribution in [0, 0.1) is 0 Å². The summed E-state index contributed by atoms with van der Waals surface area (Å²) in [6, 6.07) is 22.3. The Hall–Kier alpha value is -2.58. The van der Waals surface area contributed by atoms with Crippen LogP contribution in [0.15, 0.2) is 66.7 Å². The minimum atomic E-state index is 0.163. The second-order valence-corrected chi connectivity index (χ2v) is 6.79. The monoisotopic (exact) mass is 347 g/mol. The van der Waals surface area contributed by atoms with Gasteiger partial charge in [-0.3, -0.25) is 0 Å². The molecule has 0 radical (unpaired) electrons. The van der Waals surface area contributed by atoms with Gasteiger partial charge in [0.2, 0.25) is 0 Å². The summed E-state index contributed by atoms with van der Waals surface area (Å²) >= 11 is 6.18. The number of aromatic nitrogens is 1. The third-order valence-electron chi connectivity index (χ3n) is 4.16. The Labute approximate surface area is 152 Å². The molecule has 0 atom stereocenters. The fraction of sp³-hybridized carbons (Fsp3) is 0.136. The molecule has 1 heterocycles. The Morgan fingerprint density at radius 1 is 0.840 bits per heavy atom. The average molecular weight is 348 g/mol. The fourth-order valence-corrected chi connectivity index (χ4v) is 3.32. The zero-order chi connectivity index (χ0) is 17.4. The fourth-order valence-electron chi connectivity index (χ4n) is 3.15. The van der Waals surface area contributed by atoms with Crippen LogP contribution in [0.25, 0.3) is 32.9 Å². The van der Waals surface area contributed by atoms with Gasteiger partial charge in [0.15, 0.2) is 0 Å². The van der Waals surface area contributed by atoms with Gasteiger partial charge in [-0.05, 0) is 49.7 Å². The standard InChI is InChI=1S/C22H18ClNO/c1-14(2)25-17-10-7-15(8-11-17)22-18-5-3-4-6-20(18)24-21-13-16(23)9-12-19(21)22/h3-14H,1-2H3. The summed E-state index contributed by atoms with van der Waals surface area (Å²) in [5, 5.41) is 2.93. The van der Waals surface area contributed by atoms with E-state index in [0.29, 0.717) is 5.02 Å². The molecule has 25 heavy (non-hydrogen) atoms. The van der Waals surface area contributed by atoms with Crippen molar-refractivity contribution < 1.29 is 4.74 Å². The van der Waals surface area contributed by atoms with Crippen LogP contribution in [0.1, 0.15) is 13.8 Å². The number of pyridine rings is 1. The molecular weight excluding hydrogens is 330 g/mol. The summed E-state index contributed by atoms with van der Waals surface area (Å²) in [6.45, 7) is 4.06. The van der Waals surface area contributed by atoms with Crippen molar-refractivity contribution in [2.45, 2.75) is 20.0 Å². The Morgan fingerprint density at radius 3 is 2.32 bits per heavy atom. The second-order valence-electron chi connectivity index (χ2n) is 6.36. The van der Waals surface area contributed by atoms with Gasteiger partial charge in [0, 0.05) is 21.4 Å². The summed E-state index contributed by atoms with van der Waals surface area (Å²) in [5.41, 5.74) is 4.19. The maximum absolute atomic E-state index is 6.18. The van der Waals surface area contributed by atoms with Crippen LogP contribution in [0.3, 0.4) is 0 Å². The van der Waals surface area contributed by atoms with Gasteiger partial charge in [0.1, 0.15) is 5.75 Å². The van der Waals surface area contributed by atoms with Crippen molar-refractivity contribution in [2.24, 2.45) is 0 Å². The first-order valence-corrected chi connectivity index (χ1v) is 8.75. The van der Waals surface area contributed by atoms with Crippen LogP contribution in [-0.4, -0.2) is 11.1 Å². The van der Waals surface area contributed by atoms with E-state index in [0.717, 1.165) is 33.1 Å². The first-order chi connectivity index (χ1) is 12.1. The number of ether oxygens (including phenoxy) is 1. The summed E-state index contributed by atoms with van der Waals surface area (Å²) < 4.78 is 5.77. The third kappa shape index (κ3) is 3.06. The molecule has 0 bridgehead atoms. The average Bonchev–Trinajstić information content (AvgIpc) is 2.60. The highest BCUT2D eigenvalue weighted by molar-refractivity contribution is 6.31. The smallest absolute Gasteiger partial charge is 0.119 e. The maximum Gasteiger partial charge on any atom is 0.119 e. The number of benzene rings is 3. The molecular formula is C22H18ClNO. The Kier molecular flexibility index (Phi) is 4.06. The van der Waals surface area contributed by atoms with Crippen molar-refractivity contribution in [3.8, 4) is 16.9 Å². The molecule has 4 rings (SSSR count). The van der Waals surface area contributed by atoms with Gasteiger partial charge in [0.25, 0.3) is 0 Å². The topological polar surface area (TPSA) is 22.1 Å². The summed E-state index contributed by atoms with van der Waals surface area (Å²) in [6.07, 6.45) is 0.163. The first kappa shape index (κ1) is 15.9. The Morgan fingerprint density at radius 2 is 1.56 bits per heavy atom. The highest BCUT2D eigenvalue weighted by atomic mass is 35.5. The van der Waals surface area contributed by atoms with E-state index in [9.17, 15) is 0 Å². The predicted octanol–water partition coefficient (Wildman–Crippen LogP) is 6.50. The number of fused-ring (bicyclic) bond motifs is 2. The van der Waals surface area contributed by atoms with Crippen LogP contribution >= 0.6 is 11.6 Å². The molecule has 2 nitrogen and oxygen atoms in total. The van der Waals surface area contributed by atoms with Crippen molar-refractivity contribution in [1.82, 2.24) is 4.98 Å². The molecule has 124 valence electrons. The quantitative estimate of drug-likeness (QED) is 0.395. The highest BCUT2D eigenvalue weighted by Gasteiger charge is 2.11. The lowest BCUT2D eigenvalue weighted by Crippen LogP contribution is -2.05. The summed E-state index contributed by atoms with van der Waals surface area (Å²) in [7, 11) is 0. The maximum atomic E-state index is 6.18. The Bertz CT molecular complexity index is 1050. The minimum absolute atomic E-state index is 0.163. The van der Waals surface area contributed by atoms with Gasteiger partial charge >= 0.3 is 0 Å². The zero-order valence-corrected chi connectivity index (χ0v) is 14.9. The predicted molar refractivity (Wildman–Crippen MR) is 105 cm³/mol. The van der Waals surface area contributed by atoms with Gasteiger partial charge in [-0.2, -0.15) is 0 Å². The van der Waals surface area contributed by atoms with E-state index in [1.54, 1.807) is 0 Å². The molecule has 0 aliphatic heterocycles. The molecule has 0 aliphatic rings. The van der Waals surface area contributed by atoms with Crippen molar-refractivity contribution in [3.05, 3.63) is 71.8 Å². The molecule has 3 aromatic carbocycles. The Balaban J connectivity index is 1.97. The lowest BCUT2D eigenvalue weighted by Gasteiger charge is -2.13. The number of rotatable bonds is 3. The normalized spacial score (nSPS) is 11.4. The van der Waals surface area contributed by atoms with E-state index in [1.807, 2.05) is 62.4 Å². The molecule has 0 fully saturated rings. The number of para-hydroxylation sites is 1. The van der Waals surface area contributed by atoms with Crippen molar-refractivity contribution in [1.29, 1.82) is 0 Å². The highest BCUT2D eigenvalue weighted by Crippen LogP contribution is 2.36. The molecule has 0 N–H and O–H groups in total. The van der Waals surface area contributed by atoms with E-state index < -0.39 is 0 Å². The molecule has 0 amide bonds. The van der Waals surface area contributed by atoms with Crippen LogP contribution in [0.4, 0.5) is 0 Å². The van der Waals surface area contributed by atoms with Crippen molar-refractivity contribution >= 4 is 33.4 Å². The lowest BCUT2D eigenvalue weighted by atomic mass is 9.96. The molecule has 0 aliphatic carbocycles. The zero-order valence-electron chi connectivity index (χ0n) is 14.2. The molecule has 0 saturated heterocycles. The SMILES string of the molecule is CC(C)Oc1ccc(-c2c3ccccc3nc3cc(Cl)ccc23)cc1. The van der Waals surface area contributed by atoms with E-state index in [2.05, 4.69) is 18.2 Å². The number of halogens is 1. The van der Waals surface area contributed by atoms with Gasteiger partial charge in [0.05, 0.1) is 17.1 Å². The molecule has 0 spiro atoms. The van der Waals surface area contributed by atoms with Gasteiger partial charge in [-0.1, -0.05) is 48.0 Å². The number of hydrogen-bond donors (Lipinski definition) is 0. The van der Waals surface area contributed by atoms with Crippen LogP contribution in [0.2, 0.25) is 5.02 Å². The summed E-state index contributed by atoms with van der Waals surface area (Å²) in [5.74, 6) is 0.879. The van der Waals surface area contributed by atoms with Crippen LogP contribution in [-0.2, 0) is 0 Å².